The summed E-state index contributed by atoms with van der Waals surface area (Å²) in [5, 5.41) is 2.77. The van der Waals surface area contributed by atoms with Gasteiger partial charge in [0, 0.05) is 17.7 Å². The number of hydrogen-bond donors (Lipinski definition) is 1. The molecule has 1 atom stereocenters. The number of benzene rings is 3. The number of nitrogens with one attached hydrogen (secondary N) is 1. The summed E-state index contributed by atoms with van der Waals surface area (Å²) >= 11 is 0. The smallest absolute Gasteiger partial charge is 0.307 e. The maximum Gasteiger partial charge on any atom is 0.307 e. The van der Waals surface area contributed by atoms with Crippen molar-refractivity contribution < 1.29 is 23.9 Å². The van der Waals surface area contributed by atoms with E-state index in [4.69, 9.17) is 9.47 Å². The van der Waals surface area contributed by atoms with E-state index in [2.05, 4.69) is 5.32 Å². The SMILES string of the molecule is CCCC(OC(=O)CCC(=O)Nc1ccc(Oc2c(C)cccc2C)cc1)C(=O)c1ccccc1. The Labute approximate surface area is 206 Å². The first-order chi connectivity index (χ1) is 16.9. The minimum Gasteiger partial charge on any atom is -0.457 e. The minimum absolute atomic E-state index is 0.0438. The number of hydrogen-bond acceptors (Lipinski definition) is 5. The van der Waals surface area contributed by atoms with Crippen LogP contribution in [0, 0.1) is 13.8 Å². The van der Waals surface area contributed by atoms with Crippen molar-refractivity contribution in [3.63, 3.8) is 0 Å². The number of rotatable bonds is 11. The largest absolute Gasteiger partial charge is 0.457 e. The van der Waals surface area contributed by atoms with E-state index in [1.54, 1.807) is 48.5 Å². The quantitative estimate of drug-likeness (QED) is 0.257. The van der Waals surface area contributed by atoms with Gasteiger partial charge in [-0.05, 0) is 55.7 Å². The minimum atomic E-state index is -0.845. The molecule has 0 spiro atoms. The number of para-hydroxylation sites is 1. The fourth-order valence-corrected chi connectivity index (χ4v) is 3.64. The molecule has 0 aromatic heterocycles. The van der Waals surface area contributed by atoms with Gasteiger partial charge in [-0.3, -0.25) is 14.4 Å². The molecule has 1 amide bonds. The van der Waals surface area contributed by atoms with Crippen molar-refractivity contribution in [2.75, 3.05) is 5.32 Å². The summed E-state index contributed by atoms with van der Waals surface area (Å²) in [7, 11) is 0. The molecule has 6 heteroatoms. The summed E-state index contributed by atoms with van der Waals surface area (Å²) in [4.78, 5) is 37.3. The van der Waals surface area contributed by atoms with E-state index in [1.165, 1.54) is 0 Å². The zero-order valence-electron chi connectivity index (χ0n) is 20.4. The normalized spacial score (nSPS) is 11.4. The molecule has 0 aliphatic rings. The first kappa shape index (κ1) is 25.7. The highest BCUT2D eigenvalue weighted by atomic mass is 16.5. The van der Waals surface area contributed by atoms with Gasteiger partial charge in [-0.2, -0.15) is 0 Å². The van der Waals surface area contributed by atoms with Crippen molar-refractivity contribution in [1.82, 2.24) is 0 Å². The molecule has 0 fully saturated rings. The van der Waals surface area contributed by atoms with Crippen LogP contribution in [0.1, 0.15) is 54.1 Å². The number of carbonyl (C=O) groups excluding carboxylic acids is 3. The summed E-state index contributed by atoms with van der Waals surface area (Å²) in [5.74, 6) is 0.365. The van der Waals surface area contributed by atoms with E-state index < -0.39 is 12.1 Å². The zero-order valence-corrected chi connectivity index (χ0v) is 20.4. The number of amides is 1. The fourth-order valence-electron chi connectivity index (χ4n) is 3.64. The molecule has 0 bridgehead atoms. The highest BCUT2D eigenvalue weighted by molar-refractivity contribution is 6.00. The molecule has 0 aliphatic heterocycles. The third-order valence-corrected chi connectivity index (χ3v) is 5.50. The Morgan fingerprint density at radius 2 is 1.49 bits per heavy atom. The second kappa shape index (κ2) is 12.5. The molecule has 3 aromatic rings. The Hall–Kier alpha value is -3.93. The van der Waals surface area contributed by atoms with Crippen molar-refractivity contribution in [3.8, 4) is 11.5 Å². The Kier molecular flexibility index (Phi) is 9.18. The first-order valence-electron chi connectivity index (χ1n) is 11.8. The average Bonchev–Trinajstić information content (AvgIpc) is 2.86. The van der Waals surface area contributed by atoms with Crippen molar-refractivity contribution in [2.24, 2.45) is 0 Å². The van der Waals surface area contributed by atoms with Gasteiger partial charge in [0.15, 0.2) is 6.10 Å². The number of aryl methyl sites for hydroxylation is 2. The topological polar surface area (TPSA) is 81.7 Å². The Morgan fingerprint density at radius 1 is 0.829 bits per heavy atom. The van der Waals surface area contributed by atoms with Crippen LogP contribution in [0.5, 0.6) is 11.5 Å². The summed E-state index contributed by atoms with van der Waals surface area (Å²) in [6.07, 6.45) is 0.129. The molecule has 3 rings (SSSR count). The van der Waals surface area contributed by atoms with Gasteiger partial charge in [0.1, 0.15) is 11.5 Å². The molecule has 1 N–H and O–H groups in total. The highest BCUT2D eigenvalue weighted by Crippen LogP contribution is 2.29. The molecule has 0 saturated carbocycles. The maximum atomic E-state index is 12.7. The second-order valence-corrected chi connectivity index (χ2v) is 8.39. The molecule has 0 saturated heterocycles. The Balaban J connectivity index is 1.49. The third kappa shape index (κ3) is 7.54. The van der Waals surface area contributed by atoms with Crippen LogP contribution in [0.4, 0.5) is 5.69 Å². The van der Waals surface area contributed by atoms with Gasteiger partial charge in [0.25, 0.3) is 0 Å². The number of anilines is 1. The van der Waals surface area contributed by atoms with Gasteiger partial charge in [-0.1, -0.05) is 61.9 Å². The fraction of sp³-hybridized carbons (Fsp3) is 0.276. The standard InChI is InChI=1S/C29H31NO5/c1-4-9-25(28(33)22-12-6-5-7-13-22)35-27(32)19-18-26(31)30-23-14-16-24(17-15-23)34-29-20(2)10-8-11-21(29)3/h5-8,10-17,25H,4,9,18-19H2,1-3H3,(H,30,31). The lowest BCUT2D eigenvalue weighted by atomic mass is 10.0. The van der Waals surface area contributed by atoms with E-state index >= 15 is 0 Å². The summed E-state index contributed by atoms with van der Waals surface area (Å²) in [6.45, 7) is 5.90. The third-order valence-electron chi connectivity index (χ3n) is 5.50. The molecule has 6 nitrogen and oxygen atoms in total. The number of esters is 1. The van der Waals surface area contributed by atoms with Crippen LogP contribution in [-0.4, -0.2) is 23.8 Å². The lowest BCUT2D eigenvalue weighted by molar-refractivity contribution is -0.148. The van der Waals surface area contributed by atoms with E-state index in [0.29, 0.717) is 29.8 Å². The lowest BCUT2D eigenvalue weighted by Gasteiger charge is -2.16. The van der Waals surface area contributed by atoms with E-state index in [1.807, 2.05) is 45.0 Å². The molecule has 35 heavy (non-hydrogen) atoms. The molecule has 1 unspecified atom stereocenters. The second-order valence-electron chi connectivity index (χ2n) is 8.39. The van der Waals surface area contributed by atoms with Crippen LogP contribution in [0.2, 0.25) is 0 Å². The Morgan fingerprint density at radius 3 is 2.11 bits per heavy atom. The molecular weight excluding hydrogens is 442 g/mol. The van der Waals surface area contributed by atoms with E-state index in [9.17, 15) is 14.4 Å². The van der Waals surface area contributed by atoms with Gasteiger partial charge in [0.05, 0.1) is 6.42 Å². The lowest BCUT2D eigenvalue weighted by Crippen LogP contribution is -2.28. The molecule has 182 valence electrons. The van der Waals surface area contributed by atoms with Crippen LogP contribution in [0.15, 0.2) is 72.8 Å². The molecule has 3 aromatic carbocycles. The Bertz CT molecular complexity index is 1140. The number of Topliss-reactive ketones (excluding diaryl/α,β-unsaturated/α-hetero) is 1. The zero-order chi connectivity index (χ0) is 25.2. The number of ketones is 1. The molecule has 0 radical (unpaired) electrons. The summed E-state index contributed by atoms with van der Waals surface area (Å²) < 4.78 is 11.4. The molecular formula is C29H31NO5. The number of ether oxygens (including phenoxy) is 2. The van der Waals surface area contributed by atoms with E-state index in [0.717, 1.165) is 16.9 Å². The van der Waals surface area contributed by atoms with E-state index in [-0.39, 0.29) is 24.5 Å². The molecule has 0 aliphatic carbocycles. The van der Waals surface area contributed by atoms with Gasteiger partial charge >= 0.3 is 5.97 Å². The van der Waals surface area contributed by atoms with Crippen LogP contribution in [0.25, 0.3) is 0 Å². The van der Waals surface area contributed by atoms with Crippen LogP contribution >= 0.6 is 0 Å². The predicted octanol–water partition coefficient (Wildman–Crippen LogP) is 6.41. The van der Waals surface area contributed by atoms with Crippen LogP contribution in [0.3, 0.4) is 0 Å². The van der Waals surface area contributed by atoms with Gasteiger partial charge in [-0.15, -0.1) is 0 Å². The van der Waals surface area contributed by atoms with Crippen molar-refractivity contribution in [3.05, 3.63) is 89.5 Å². The summed E-state index contributed by atoms with van der Waals surface area (Å²) in [6, 6.07) is 21.8. The van der Waals surface area contributed by atoms with Crippen molar-refractivity contribution in [1.29, 1.82) is 0 Å². The van der Waals surface area contributed by atoms with Crippen LogP contribution in [-0.2, 0) is 14.3 Å². The van der Waals surface area contributed by atoms with Gasteiger partial charge < -0.3 is 14.8 Å². The van der Waals surface area contributed by atoms with Gasteiger partial charge in [0.2, 0.25) is 11.7 Å². The monoisotopic (exact) mass is 473 g/mol. The average molecular weight is 474 g/mol. The predicted molar refractivity (Wildman–Crippen MR) is 136 cm³/mol. The highest BCUT2D eigenvalue weighted by Gasteiger charge is 2.23. The summed E-state index contributed by atoms with van der Waals surface area (Å²) in [5.41, 5.74) is 3.18. The van der Waals surface area contributed by atoms with Gasteiger partial charge in [-0.25, -0.2) is 0 Å². The van der Waals surface area contributed by atoms with Crippen molar-refractivity contribution in [2.45, 2.75) is 52.6 Å². The van der Waals surface area contributed by atoms with Crippen molar-refractivity contribution >= 4 is 23.3 Å². The first-order valence-corrected chi connectivity index (χ1v) is 11.8. The molecule has 0 heterocycles. The maximum absolute atomic E-state index is 12.7. The van der Waals surface area contributed by atoms with Crippen LogP contribution < -0.4 is 10.1 Å². The number of carbonyl (C=O) groups is 3.